The molecule has 290 valence electrons. The predicted octanol–water partition coefficient (Wildman–Crippen LogP) is 7.03. The van der Waals surface area contributed by atoms with Crippen LogP contribution in [0.3, 0.4) is 0 Å². The zero-order valence-electron chi connectivity index (χ0n) is 30.2. The first-order valence-corrected chi connectivity index (χ1v) is 19.4. The van der Waals surface area contributed by atoms with Crippen molar-refractivity contribution in [2.24, 2.45) is 26.4 Å². The first-order chi connectivity index (χ1) is 24.5. The van der Waals surface area contributed by atoms with Crippen LogP contribution in [-0.2, 0) is 38.3 Å². The number of aliphatic imine (C=N–C) groups is 3. The number of nitrogens with zero attached hydrogens (tertiary/aromatic N) is 3. The van der Waals surface area contributed by atoms with Crippen molar-refractivity contribution in [3.8, 4) is 0 Å². The maximum atomic E-state index is 15.1. The third-order valence-corrected chi connectivity index (χ3v) is 8.92. The SMILES string of the molecule is CCCCCCCCCC(=O)OCC(COP(=O)(O)OC(CN=CN)(CN=CN=CN)c1ccc(F)cc1F)OC(=O)CCCCCCCCC. The van der Waals surface area contributed by atoms with Gasteiger partial charge >= 0.3 is 19.8 Å². The Balaban J connectivity index is 3.07. The second-order valence-corrected chi connectivity index (χ2v) is 13.6. The summed E-state index contributed by atoms with van der Waals surface area (Å²) in [6.45, 7) is 2.03. The van der Waals surface area contributed by atoms with E-state index in [4.69, 9.17) is 30.0 Å². The van der Waals surface area contributed by atoms with Crippen LogP contribution in [0.5, 0.6) is 0 Å². The summed E-state index contributed by atoms with van der Waals surface area (Å²) in [7, 11) is -5.17. The molecular weight excluding hydrogens is 687 g/mol. The van der Waals surface area contributed by atoms with Crippen molar-refractivity contribution in [2.75, 3.05) is 26.3 Å². The summed E-state index contributed by atoms with van der Waals surface area (Å²) >= 11 is 0. The fraction of sp³-hybridized carbons (Fsp3) is 0.686. The topological polar surface area (TPSA) is 197 Å². The lowest BCUT2D eigenvalue weighted by Crippen LogP contribution is -2.38. The van der Waals surface area contributed by atoms with Crippen molar-refractivity contribution in [2.45, 2.75) is 128 Å². The van der Waals surface area contributed by atoms with Crippen LogP contribution in [0.2, 0.25) is 0 Å². The van der Waals surface area contributed by atoms with E-state index in [-0.39, 0.29) is 18.4 Å². The summed E-state index contributed by atoms with van der Waals surface area (Å²) in [5.74, 6) is -3.13. The van der Waals surface area contributed by atoms with Gasteiger partial charge in [-0.2, -0.15) is 0 Å². The number of hydrogen-bond donors (Lipinski definition) is 3. The zero-order valence-corrected chi connectivity index (χ0v) is 31.1. The van der Waals surface area contributed by atoms with Crippen molar-refractivity contribution < 1.29 is 46.3 Å². The Kier molecular flexibility index (Phi) is 24.6. The van der Waals surface area contributed by atoms with Crippen molar-refractivity contribution in [3.05, 3.63) is 35.4 Å². The van der Waals surface area contributed by atoms with Gasteiger partial charge in [0.1, 0.15) is 30.2 Å². The molecule has 0 aliphatic carbocycles. The van der Waals surface area contributed by atoms with Crippen LogP contribution in [0, 0.1) is 11.6 Å². The van der Waals surface area contributed by atoms with Crippen molar-refractivity contribution in [1.29, 1.82) is 0 Å². The summed E-state index contributed by atoms with van der Waals surface area (Å²) in [5.41, 5.74) is 8.13. The molecule has 3 unspecified atom stereocenters. The summed E-state index contributed by atoms with van der Waals surface area (Å²) in [6, 6.07) is 2.50. The average molecular weight is 746 g/mol. The summed E-state index contributed by atoms with van der Waals surface area (Å²) in [4.78, 5) is 47.6. The monoisotopic (exact) mass is 745 g/mol. The molecule has 5 N–H and O–H groups in total. The second kappa shape index (κ2) is 27.4. The number of ether oxygens (including phenoxy) is 2. The highest BCUT2D eigenvalue weighted by molar-refractivity contribution is 7.47. The Morgan fingerprint density at radius 3 is 1.98 bits per heavy atom. The first kappa shape index (κ1) is 45.8. The highest BCUT2D eigenvalue weighted by Gasteiger charge is 2.43. The van der Waals surface area contributed by atoms with Gasteiger partial charge in [-0.25, -0.2) is 18.3 Å². The lowest BCUT2D eigenvalue weighted by atomic mass is 9.93. The minimum atomic E-state index is -5.17. The van der Waals surface area contributed by atoms with Gasteiger partial charge in [0.05, 0.1) is 32.4 Å². The number of esters is 2. The number of carbonyl (C=O) groups is 2. The van der Waals surface area contributed by atoms with Crippen LogP contribution in [0.25, 0.3) is 0 Å². The van der Waals surface area contributed by atoms with E-state index in [2.05, 4.69) is 28.8 Å². The lowest BCUT2D eigenvalue weighted by molar-refractivity contribution is -0.161. The van der Waals surface area contributed by atoms with Crippen molar-refractivity contribution in [3.63, 3.8) is 0 Å². The predicted molar refractivity (Wildman–Crippen MR) is 195 cm³/mol. The van der Waals surface area contributed by atoms with Crippen molar-refractivity contribution >= 4 is 38.8 Å². The van der Waals surface area contributed by atoms with Gasteiger partial charge in [-0.3, -0.25) is 28.6 Å². The molecule has 1 aromatic carbocycles. The Hall–Kier alpha value is -3.26. The molecule has 0 aromatic heterocycles. The molecule has 0 amide bonds. The van der Waals surface area contributed by atoms with Gasteiger partial charge in [-0.05, 0) is 18.9 Å². The van der Waals surface area contributed by atoms with Crippen LogP contribution in [-0.4, -0.2) is 68.3 Å². The molecule has 0 aliphatic rings. The van der Waals surface area contributed by atoms with Crippen molar-refractivity contribution in [1.82, 2.24) is 0 Å². The minimum Gasteiger partial charge on any atom is -0.462 e. The van der Waals surface area contributed by atoms with E-state index < -0.39 is 69.4 Å². The van der Waals surface area contributed by atoms with E-state index in [9.17, 15) is 23.4 Å². The molecule has 0 spiro atoms. The van der Waals surface area contributed by atoms with Crippen LogP contribution < -0.4 is 11.5 Å². The molecule has 1 aromatic rings. The number of benzene rings is 1. The van der Waals surface area contributed by atoms with E-state index in [1.807, 2.05) is 0 Å². The van der Waals surface area contributed by atoms with E-state index >= 15 is 4.39 Å². The molecule has 3 atom stereocenters. The van der Waals surface area contributed by atoms with Gasteiger partial charge in [0.15, 0.2) is 6.10 Å². The van der Waals surface area contributed by atoms with E-state index in [0.717, 1.165) is 102 Å². The zero-order chi connectivity index (χ0) is 37.8. The fourth-order valence-electron chi connectivity index (χ4n) is 5.16. The Labute approximate surface area is 301 Å². The highest BCUT2D eigenvalue weighted by atomic mass is 31.2. The number of nitrogens with two attached hydrogens (primary N) is 2. The maximum absolute atomic E-state index is 15.1. The van der Waals surface area contributed by atoms with E-state index in [0.29, 0.717) is 18.9 Å². The maximum Gasteiger partial charge on any atom is 0.473 e. The number of rotatable bonds is 30. The van der Waals surface area contributed by atoms with Gasteiger partial charge in [-0.15, -0.1) is 0 Å². The average Bonchev–Trinajstić information content (AvgIpc) is 3.09. The summed E-state index contributed by atoms with van der Waals surface area (Å²) < 4.78 is 64.0. The molecule has 0 radical (unpaired) electrons. The summed E-state index contributed by atoms with van der Waals surface area (Å²) in [6.07, 6.45) is 15.8. The minimum absolute atomic E-state index is 0.0941. The first-order valence-electron chi connectivity index (χ1n) is 17.9. The van der Waals surface area contributed by atoms with Crippen LogP contribution in [0.1, 0.15) is 122 Å². The Morgan fingerprint density at radius 1 is 0.843 bits per heavy atom. The second-order valence-electron chi connectivity index (χ2n) is 12.3. The Bertz CT molecular complexity index is 1270. The number of phosphoric acid groups is 1. The smallest absolute Gasteiger partial charge is 0.462 e. The molecule has 1 rings (SSSR count). The third-order valence-electron chi connectivity index (χ3n) is 7.87. The van der Waals surface area contributed by atoms with Crippen LogP contribution in [0.4, 0.5) is 8.78 Å². The molecule has 0 saturated carbocycles. The van der Waals surface area contributed by atoms with E-state index in [1.54, 1.807) is 0 Å². The summed E-state index contributed by atoms with van der Waals surface area (Å²) in [5, 5.41) is 0. The number of unbranched alkanes of at least 4 members (excludes halogenated alkanes) is 12. The van der Waals surface area contributed by atoms with Gasteiger partial charge < -0.3 is 25.8 Å². The standard InChI is InChI=1S/C35H58F2N5O8P/c1-3-5-7-9-11-13-15-17-33(43)47-22-30(49-34(44)18-16-14-12-10-8-6-4-2)23-48-51(45,46)50-35(24-40-26-38,25-41-28-42-27-39)31-20-19-29(36)21-32(31)37/h19-21,26-28,30H,3-18,22-25H2,1-2H3,(H2,38,40)(H,45,46)(H2,39,41,42). The molecule has 0 saturated heterocycles. The number of carbonyl (C=O) groups excluding carboxylic acids is 2. The van der Waals surface area contributed by atoms with Gasteiger partial charge in [0, 0.05) is 24.5 Å². The molecule has 0 aliphatic heterocycles. The third kappa shape index (κ3) is 21.0. The quantitative estimate of drug-likeness (QED) is 0.0242. The van der Waals surface area contributed by atoms with Gasteiger partial charge in [0.2, 0.25) is 0 Å². The molecule has 0 fully saturated rings. The molecule has 51 heavy (non-hydrogen) atoms. The lowest BCUT2D eigenvalue weighted by Gasteiger charge is -2.33. The van der Waals surface area contributed by atoms with Crippen LogP contribution in [0.15, 0.2) is 33.2 Å². The normalized spacial score (nSPS) is 14.9. The number of hydrogen-bond acceptors (Lipinski definition) is 9. The number of phosphoric ester groups is 1. The largest absolute Gasteiger partial charge is 0.473 e. The highest BCUT2D eigenvalue weighted by Crippen LogP contribution is 2.51. The fourth-order valence-corrected chi connectivity index (χ4v) is 6.22. The molecule has 13 nitrogen and oxygen atoms in total. The van der Waals surface area contributed by atoms with Crippen LogP contribution >= 0.6 is 7.82 Å². The molecular formula is C35H58F2N5O8P. The number of halogens is 2. The molecule has 0 heterocycles. The molecule has 16 heteroatoms. The Morgan fingerprint density at radius 2 is 1.41 bits per heavy atom. The van der Waals surface area contributed by atoms with Gasteiger partial charge in [-0.1, -0.05) is 97.0 Å². The molecule has 0 bridgehead atoms. The van der Waals surface area contributed by atoms with Gasteiger partial charge in [0.25, 0.3) is 0 Å². The van der Waals surface area contributed by atoms with E-state index in [1.165, 1.54) is 6.42 Å².